The Morgan fingerprint density at radius 3 is 2.69 bits per heavy atom. The molecule has 1 heterocycles. The molecule has 2 saturated carbocycles. The molecule has 2 aliphatic carbocycles. The predicted octanol–water partition coefficient (Wildman–Crippen LogP) is 1.99. The Hall–Kier alpha value is 0.0500. The van der Waals surface area contributed by atoms with Gasteiger partial charge in [0.15, 0.2) is 0 Å². The van der Waals surface area contributed by atoms with E-state index in [0.29, 0.717) is 12.5 Å². The number of halogens is 2. The van der Waals surface area contributed by atoms with Crippen LogP contribution in [0.25, 0.3) is 0 Å². The van der Waals surface area contributed by atoms with Gasteiger partial charge in [-0.1, -0.05) is 0 Å². The molecule has 0 N–H and O–H groups in total. The molecule has 72 valence electrons. The Labute approximate surface area is 86.5 Å². The molecule has 13 heavy (non-hydrogen) atoms. The summed E-state index contributed by atoms with van der Waals surface area (Å²) in [6.45, 7) is 0.534. The van der Waals surface area contributed by atoms with Crippen molar-refractivity contribution in [1.29, 1.82) is 0 Å². The molecule has 3 fully saturated rings. The fourth-order valence-corrected chi connectivity index (χ4v) is 4.35. The zero-order valence-electron chi connectivity index (χ0n) is 7.00. The van der Waals surface area contributed by atoms with Crippen molar-refractivity contribution in [1.82, 2.24) is 0 Å². The highest BCUT2D eigenvalue weighted by Crippen LogP contribution is 2.65. The van der Waals surface area contributed by atoms with E-state index in [-0.39, 0.29) is 23.7 Å². The predicted molar refractivity (Wildman–Crippen MR) is 48.6 cm³/mol. The summed E-state index contributed by atoms with van der Waals surface area (Å²) in [4.78, 5) is 11.4. The minimum Gasteiger partial charge on any atom is -0.465 e. The molecule has 2 nitrogen and oxygen atoms in total. The molecule has 0 aromatic carbocycles. The molecule has 3 aliphatic rings. The van der Waals surface area contributed by atoms with Gasteiger partial charge in [-0.15, -0.1) is 23.2 Å². The van der Waals surface area contributed by atoms with Gasteiger partial charge in [0.2, 0.25) is 0 Å². The Balaban J connectivity index is 2.03. The van der Waals surface area contributed by atoms with Gasteiger partial charge < -0.3 is 4.74 Å². The number of cyclic esters (lactones) is 1. The van der Waals surface area contributed by atoms with Crippen molar-refractivity contribution in [3.8, 4) is 0 Å². The molecule has 0 unspecified atom stereocenters. The fourth-order valence-electron chi connectivity index (χ4n) is 3.32. The van der Waals surface area contributed by atoms with Crippen molar-refractivity contribution in [2.75, 3.05) is 6.61 Å². The second-order valence-electron chi connectivity index (χ2n) is 4.28. The van der Waals surface area contributed by atoms with Crippen LogP contribution in [0.1, 0.15) is 12.8 Å². The first kappa shape index (κ1) is 8.37. The Kier molecular flexibility index (Phi) is 1.51. The average molecular weight is 221 g/mol. The number of carbonyl (C=O) groups is 1. The van der Waals surface area contributed by atoms with Gasteiger partial charge in [-0.05, 0) is 18.8 Å². The molecule has 3 rings (SSSR count). The van der Waals surface area contributed by atoms with Gasteiger partial charge in [0, 0.05) is 11.8 Å². The van der Waals surface area contributed by atoms with Crippen molar-refractivity contribution in [3.05, 3.63) is 0 Å². The van der Waals surface area contributed by atoms with E-state index < -0.39 is 4.33 Å². The summed E-state index contributed by atoms with van der Waals surface area (Å²) < 4.78 is 4.38. The van der Waals surface area contributed by atoms with Crippen LogP contribution < -0.4 is 0 Å². The first-order chi connectivity index (χ1) is 6.12. The smallest absolute Gasteiger partial charge is 0.309 e. The summed E-state index contributed by atoms with van der Waals surface area (Å²) >= 11 is 12.5. The molecular weight excluding hydrogens is 211 g/mol. The van der Waals surface area contributed by atoms with Gasteiger partial charge in [-0.2, -0.15) is 0 Å². The van der Waals surface area contributed by atoms with Crippen LogP contribution in [0, 0.1) is 23.7 Å². The lowest BCUT2D eigenvalue weighted by atomic mass is 9.81. The van der Waals surface area contributed by atoms with E-state index >= 15 is 0 Å². The summed E-state index contributed by atoms with van der Waals surface area (Å²) in [6.07, 6.45) is 2.03. The second-order valence-corrected chi connectivity index (χ2v) is 5.73. The molecule has 4 heteroatoms. The lowest BCUT2D eigenvalue weighted by Crippen LogP contribution is -2.25. The summed E-state index contributed by atoms with van der Waals surface area (Å²) in [5.74, 6) is 0.621. The van der Waals surface area contributed by atoms with E-state index in [1.165, 1.54) is 0 Å². The minimum atomic E-state index is -0.658. The van der Waals surface area contributed by atoms with Crippen molar-refractivity contribution < 1.29 is 9.53 Å². The van der Waals surface area contributed by atoms with Crippen molar-refractivity contribution >= 4 is 29.2 Å². The van der Waals surface area contributed by atoms with Gasteiger partial charge in [-0.25, -0.2) is 0 Å². The van der Waals surface area contributed by atoms with Crippen molar-refractivity contribution in [2.24, 2.45) is 23.7 Å². The standard InChI is InChI=1S/C9H10Cl2O2/c10-9(11)5-1-2-6(9)7-4(5)3-13-8(7)12/h4-7H,1-3H2/t4-,5-,6+,7+/m1/s1. The van der Waals surface area contributed by atoms with Crippen LogP contribution in [0.5, 0.6) is 0 Å². The summed E-state index contributed by atoms with van der Waals surface area (Å²) in [5.41, 5.74) is 0. The number of alkyl halides is 2. The van der Waals surface area contributed by atoms with Crippen LogP contribution in [0.3, 0.4) is 0 Å². The second kappa shape index (κ2) is 2.34. The maximum atomic E-state index is 11.4. The Bertz CT molecular complexity index is 277. The number of fused-ring (bicyclic) bond motifs is 5. The Morgan fingerprint density at radius 1 is 1.31 bits per heavy atom. The van der Waals surface area contributed by atoms with E-state index in [1.807, 2.05) is 0 Å². The number of esters is 1. The first-order valence-corrected chi connectivity index (χ1v) is 5.42. The number of hydrogen-bond acceptors (Lipinski definition) is 2. The topological polar surface area (TPSA) is 26.3 Å². The quantitative estimate of drug-likeness (QED) is 0.461. The molecule has 0 spiro atoms. The molecular formula is C9H10Cl2O2. The summed E-state index contributed by atoms with van der Waals surface area (Å²) in [6, 6.07) is 0. The largest absolute Gasteiger partial charge is 0.465 e. The van der Waals surface area contributed by atoms with E-state index in [9.17, 15) is 4.79 Å². The molecule has 0 radical (unpaired) electrons. The third kappa shape index (κ3) is 0.841. The van der Waals surface area contributed by atoms with Crippen LogP contribution in [0.15, 0.2) is 0 Å². The van der Waals surface area contributed by atoms with Crippen LogP contribution in [-0.2, 0) is 9.53 Å². The number of carbonyl (C=O) groups excluding carboxylic acids is 1. The van der Waals surface area contributed by atoms with E-state index in [1.54, 1.807) is 0 Å². The van der Waals surface area contributed by atoms with E-state index in [4.69, 9.17) is 27.9 Å². The van der Waals surface area contributed by atoms with Gasteiger partial charge in [0.25, 0.3) is 0 Å². The van der Waals surface area contributed by atoms with Crippen molar-refractivity contribution in [3.63, 3.8) is 0 Å². The van der Waals surface area contributed by atoms with Gasteiger partial charge in [0.1, 0.15) is 4.33 Å². The zero-order chi connectivity index (χ0) is 9.22. The maximum Gasteiger partial charge on any atom is 0.309 e. The molecule has 4 atom stereocenters. The third-order valence-electron chi connectivity index (χ3n) is 3.88. The van der Waals surface area contributed by atoms with Crippen LogP contribution in [-0.4, -0.2) is 16.9 Å². The highest BCUT2D eigenvalue weighted by molar-refractivity contribution is 6.49. The molecule has 1 saturated heterocycles. The average Bonchev–Trinajstić information content (AvgIpc) is 2.63. The highest BCUT2D eigenvalue weighted by Gasteiger charge is 2.67. The lowest BCUT2D eigenvalue weighted by molar-refractivity contribution is -0.142. The minimum absolute atomic E-state index is 0.00579. The number of rotatable bonds is 0. The van der Waals surface area contributed by atoms with Gasteiger partial charge in [0.05, 0.1) is 12.5 Å². The SMILES string of the molecule is O=C1OC[C@H]2[C@H]1[C@@H]1CC[C@H]2C1(Cl)Cl. The van der Waals surface area contributed by atoms with E-state index in [2.05, 4.69) is 0 Å². The maximum absolute atomic E-state index is 11.4. The first-order valence-electron chi connectivity index (χ1n) is 4.67. The fraction of sp³-hybridized carbons (Fsp3) is 0.889. The van der Waals surface area contributed by atoms with E-state index in [0.717, 1.165) is 12.8 Å². The molecule has 0 aromatic heterocycles. The monoisotopic (exact) mass is 220 g/mol. The third-order valence-corrected chi connectivity index (χ3v) is 5.00. The highest BCUT2D eigenvalue weighted by atomic mass is 35.5. The molecule has 0 aromatic rings. The van der Waals surface area contributed by atoms with Crippen LogP contribution in [0.4, 0.5) is 0 Å². The van der Waals surface area contributed by atoms with Crippen molar-refractivity contribution in [2.45, 2.75) is 17.2 Å². The molecule has 0 amide bonds. The summed E-state index contributed by atoms with van der Waals surface area (Å²) in [5, 5.41) is 0. The normalized spacial score (nSPS) is 50.8. The molecule has 1 aliphatic heterocycles. The molecule has 2 bridgehead atoms. The Morgan fingerprint density at radius 2 is 2.00 bits per heavy atom. The zero-order valence-corrected chi connectivity index (χ0v) is 8.52. The van der Waals surface area contributed by atoms with Crippen LogP contribution in [0.2, 0.25) is 0 Å². The number of ether oxygens (including phenoxy) is 1. The van der Waals surface area contributed by atoms with Gasteiger partial charge in [-0.3, -0.25) is 4.79 Å². The van der Waals surface area contributed by atoms with Crippen LogP contribution >= 0.6 is 23.2 Å². The lowest BCUT2D eigenvalue weighted by Gasteiger charge is -2.20. The van der Waals surface area contributed by atoms with Gasteiger partial charge >= 0.3 is 5.97 Å². The number of hydrogen-bond donors (Lipinski definition) is 0. The summed E-state index contributed by atoms with van der Waals surface area (Å²) in [7, 11) is 0.